The topological polar surface area (TPSA) is 65.2 Å². The smallest absolute Gasteiger partial charge is 0.317 e. The number of fused-ring (bicyclic) bond motifs is 1. The van der Waals surface area contributed by atoms with Crippen molar-refractivity contribution in [3.05, 3.63) is 63.6 Å². The number of rotatable bonds is 2. The molecule has 0 saturated heterocycles. The van der Waals surface area contributed by atoms with Gasteiger partial charge in [-0.2, -0.15) is 0 Å². The van der Waals surface area contributed by atoms with Crippen molar-refractivity contribution in [2.24, 2.45) is 0 Å². The van der Waals surface area contributed by atoms with Crippen LogP contribution in [-0.4, -0.2) is 28.2 Å². The van der Waals surface area contributed by atoms with E-state index in [9.17, 15) is 9.59 Å². The number of carbonyl (C=O) groups excluding carboxylic acids is 1. The molecule has 6 heteroatoms. The number of pyridine rings is 1. The zero-order valence-electron chi connectivity index (χ0n) is 13.0. The number of hydrogen-bond donors (Lipinski definition) is 2. The molecule has 0 unspecified atom stereocenters. The Morgan fingerprint density at radius 1 is 1.39 bits per heavy atom. The van der Waals surface area contributed by atoms with Crippen LogP contribution in [0.25, 0.3) is 0 Å². The van der Waals surface area contributed by atoms with Gasteiger partial charge in [0.2, 0.25) is 0 Å². The monoisotopic (exact) mass is 329 g/mol. The SMILES string of the molecule is Cc1c[nH]c(=O)c(CNC(=O)N2CCSc3ccccc3C2)c1. The van der Waals surface area contributed by atoms with Gasteiger partial charge in [-0.15, -0.1) is 11.8 Å². The van der Waals surface area contributed by atoms with Gasteiger partial charge in [0.05, 0.1) is 0 Å². The fraction of sp³-hybridized carbons (Fsp3) is 0.294. The van der Waals surface area contributed by atoms with Crippen molar-refractivity contribution in [1.82, 2.24) is 15.2 Å². The number of benzene rings is 1. The minimum atomic E-state index is -0.160. The largest absolute Gasteiger partial charge is 0.334 e. The molecule has 2 aromatic rings. The van der Waals surface area contributed by atoms with Crippen molar-refractivity contribution in [1.29, 1.82) is 0 Å². The molecule has 1 aromatic heterocycles. The maximum absolute atomic E-state index is 12.4. The summed E-state index contributed by atoms with van der Waals surface area (Å²) in [4.78, 5) is 29.9. The molecular formula is C17H19N3O2S. The number of H-pyrrole nitrogens is 1. The average molecular weight is 329 g/mol. The first-order valence-electron chi connectivity index (χ1n) is 7.55. The Morgan fingerprint density at radius 3 is 3.09 bits per heavy atom. The summed E-state index contributed by atoms with van der Waals surface area (Å²) in [5.41, 5.74) is 2.54. The summed E-state index contributed by atoms with van der Waals surface area (Å²) in [6.45, 7) is 3.43. The van der Waals surface area contributed by atoms with Gasteiger partial charge in [-0.05, 0) is 30.2 Å². The number of carbonyl (C=O) groups is 1. The van der Waals surface area contributed by atoms with Gasteiger partial charge in [0, 0.05) is 42.0 Å². The quantitative estimate of drug-likeness (QED) is 0.890. The maximum atomic E-state index is 12.4. The van der Waals surface area contributed by atoms with Gasteiger partial charge in [0.25, 0.3) is 5.56 Å². The number of hydrogen-bond acceptors (Lipinski definition) is 3. The molecule has 2 amide bonds. The van der Waals surface area contributed by atoms with E-state index in [0.717, 1.165) is 11.3 Å². The zero-order chi connectivity index (χ0) is 16.2. The molecule has 0 atom stereocenters. The highest BCUT2D eigenvalue weighted by atomic mass is 32.2. The van der Waals surface area contributed by atoms with Gasteiger partial charge in [-0.1, -0.05) is 18.2 Å². The summed E-state index contributed by atoms with van der Waals surface area (Å²) in [7, 11) is 0. The van der Waals surface area contributed by atoms with E-state index < -0.39 is 0 Å². The van der Waals surface area contributed by atoms with Crippen LogP contribution in [0.3, 0.4) is 0 Å². The van der Waals surface area contributed by atoms with E-state index in [-0.39, 0.29) is 18.1 Å². The van der Waals surface area contributed by atoms with E-state index in [1.165, 1.54) is 10.5 Å². The van der Waals surface area contributed by atoms with E-state index >= 15 is 0 Å². The number of aryl methyl sites for hydroxylation is 1. The first-order chi connectivity index (χ1) is 11.1. The Bertz CT molecular complexity index is 772. The molecule has 0 saturated carbocycles. The molecule has 1 aromatic carbocycles. The van der Waals surface area contributed by atoms with Crippen molar-refractivity contribution in [3.63, 3.8) is 0 Å². The van der Waals surface area contributed by atoms with Crippen LogP contribution in [0.1, 0.15) is 16.7 Å². The van der Waals surface area contributed by atoms with Gasteiger partial charge in [0.15, 0.2) is 0 Å². The number of amides is 2. The third-order valence-electron chi connectivity index (χ3n) is 3.79. The minimum Gasteiger partial charge on any atom is -0.334 e. The first-order valence-corrected chi connectivity index (χ1v) is 8.54. The lowest BCUT2D eigenvalue weighted by Gasteiger charge is -2.21. The Morgan fingerprint density at radius 2 is 2.22 bits per heavy atom. The van der Waals surface area contributed by atoms with E-state index in [1.54, 1.807) is 28.9 Å². The number of aromatic amines is 1. The molecule has 23 heavy (non-hydrogen) atoms. The minimum absolute atomic E-state index is 0.136. The second kappa shape index (κ2) is 6.91. The average Bonchev–Trinajstić information content (AvgIpc) is 2.77. The van der Waals surface area contributed by atoms with E-state index in [2.05, 4.69) is 22.4 Å². The molecule has 0 bridgehead atoms. The Balaban J connectivity index is 1.66. The second-order valence-electron chi connectivity index (χ2n) is 5.57. The van der Waals surface area contributed by atoms with Gasteiger partial charge in [-0.3, -0.25) is 4.79 Å². The number of thioether (sulfide) groups is 1. The summed E-state index contributed by atoms with van der Waals surface area (Å²) in [6.07, 6.45) is 1.66. The summed E-state index contributed by atoms with van der Waals surface area (Å²) < 4.78 is 0. The normalized spacial score (nSPS) is 14.0. The number of nitrogens with zero attached hydrogens (tertiary/aromatic N) is 1. The van der Waals surface area contributed by atoms with E-state index in [0.29, 0.717) is 18.7 Å². The van der Waals surface area contributed by atoms with Gasteiger partial charge in [-0.25, -0.2) is 4.79 Å². The van der Waals surface area contributed by atoms with Crippen LogP contribution in [0, 0.1) is 6.92 Å². The molecule has 120 valence electrons. The molecule has 0 fully saturated rings. The van der Waals surface area contributed by atoms with Crippen LogP contribution in [-0.2, 0) is 13.1 Å². The van der Waals surface area contributed by atoms with Crippen LogP contribution in [0.5, 0.6) is 0 Å². The predicted molar refractivity (Wildman–Crippen MR) is 91.6 cm³/mol. The summed E-state index contributed by atoms with van der Waals surface area (Å²) in [5.74, 6) is 0.870. The summed E-state index contributed by atoms with van der Waals surface area (Å²) in [6, 6.07) is 9.82. The highest BCUT2D eigenvalue weighted by Gasteiger charge is 2.19. The number of aromatic nitrogens is 1. The molecule has 2 heterocycles. The van der Waals surface area contributed by atoms with Crippen LogP contribution in [0.2, 0.25) is 0 Å². The van der Waals surface area contributed by atoms with Crippen molar-refractivity contribution >= 4 is 17.8 Å². The number of nitrogens with one attached hydrogen (secondary N) is 2. The summed E-state index contributed by atoms with van der Waals surface area (Å²) >= 11 is 1.77. The van der Waals surface area contributed by atoms with Crippen molar-refractivity contribution in [2.75, 3.05) is 12.3 Å². The molecule has 0 spiro atoms. The fourth-order valence-electron chi connectivity index (χ4n) is 2.57. The molecular weight excluding hydrogens is 310 g/mol. The predicted octanol–water partition coefficient (Wildman–Crippen LogP) is 2.50. The molecule has 1 aliphatic rings. The molecule has 3 rings (SSSR count). The molecule has 0 aliphatic carbocycles. The first kappa shape index (κ1) is 15.7. The summed E-state index contributed by atoms with van der Waals surface area (Å²) in [5, 5.41) is 2.85. The van der Waals surface area contributed by atoms with Crippen molar-refractivity contribution in [3.8, 4) is 0 Å². The fourth-order valence-corrected chi connectivity index (χ4v) is 3.59. The Kier molecular flexibility index (Phi) is 4.71. The van der Waals surface area contributed by atoms with Crippen molar-refractivity contribution in [2.45, 2.75) is 24.9 Å². The lowest BCUT2D eigenvalue weighted by Crippen LogP contribution is -2.40. The highest BCUT2D eigenvalue weighted by molar-refractivity contribution is 7.99. The van der Waals surface area contributed by atoms with Crippen LogP contribution >= 0.6 is 11.8 Å². The van der Waals surface area contributed by atoms with Crippen molar-refractivity contribution < 1.29 is 4.79 Å². The molecule has 2 N–H and O–H groups in total. The lowest BCUT2D eigenvalue weighted by atomic mass is 10.2. The van der Waals surface area contributed by atoms with E-state index in [1.807, 2.05) is 19.1 Å². The second-order valence-corrected chi connectivity index (χ2v) is 6.70. The zero-order valence-corrected chi connectivity index (χ0v) is 13.8. The molecule has 0 radical (unpaired) electrons. The van der Waals surface area contributed by atoms with Gasteiger partial charge >= 0.3 is 6.03 Å². The third kappa shape index (κ3) is 3.76. The Labute approximate surface area is 139 Å². The Hall–Kier alpha value is -2.21. The van der Waals surface area contributed by atoms with Crippen LogP contribution < -0.4 is 10.9 Å². The lowest BCUT2D eigenvalue weighted by molar-refractivity contribution is 0.198. The maximum Gasteiger partial charge on any atom is 0.317 e. The highest BCUT2D eigenvalue weighted by Crippen LogP contribution is 2.26. The molecule has 1 aliphatic heterocycles. The molecule has 5 nitrogen and oxygen atoms in total. The van der Waals surface area contributed by atoms with E-state index in [4.69, 9.17) is 0 Å². The third-order valence-corrected chi connectivity index (χ3v) is 4.89. The van der Waals surface area contributed by atoms with Gasteiger partial charge < -0.3 is 15.2 Å². The van der Waals surface area contributed by atoms with Crippen LogP contribution in [0.15, 0.2) is 46.2 Å². The van der Waals surface area contributed by atoms with Crippen LogP contribution in [0.4, 0.5) is 4.79 Å². The number of urea groups is 1. The standard InChI is InChI=1S/C17H19N3O2S/c1-12-8-14(16(21)18-9-12)10-19-17(22)20-6-7-23-15-5-3-2-4-13(15)11-20/h2-5,8-9H,6-7,10-11H2,1H3,(H,18,21)(H,19,22). The van der Waals surface area contributed by atoms with Gasteiger partial charge in [0.1, 0.15) is 0 Å².